The van der Waals surface area contributed by atoms with Gasteiger partial charge in [-0.1, -0.05) is 6.07 Å². The summed E-state index contributed by atoms with van der Waals surface area (Å²) >= 11 is 0. The van der Waals surface area contributed by atoms with Crippen molar-refractivity contribution < 1.29 is 14.0 Å². The lowest BCUT2D eigenvalue weighted by molar-refractivity contribution is -0.115. The van der Waals surface area contributed by atoms with E-state index in [1.54, 1.807) is 12.1 Å². The Kier molecular flexibility index (Phi) is 3.86. The van der Waals surface area contributed by atoms with Crippen LogP contribution in [0.4, 0.5) is 26.8 Å². The molecule has 5 rings (SSSR count). The number of aromatic nitrogens is 4. The van der Waals surface area contributed by atoms with Crippen LogP contribution in [-0.4, -0.2) is 37.6 Å². The summed E-state index contributed by atoms with van der Waals surface area (Å²) in [7, 11) is 0. The average molecular weight is 394 g/mol. The molecule has 1 aromatic carbocycles. The Morgan fingerprint density at radius 1 is 1.21 bits per heavy atom. The van der Waals surface area contributed by atoms with Gasteiger partial charge in [-0.2, -0.15) is 19.6 Å². The number of hydrogen-bond acceptors (Lipinski definition) is 7. The number of nitrogens with one attached hydrogen (secondary N) is 4. The highest BCUT2D eigenvalue weighted by atomic mass is 19.1. The molecule has 0 unspecified atom stereocenters. The number of rotatable bonds is 5. The molecule has 1 saturated heterocycles. The number of benzene rings is 1. The van der Waals surface area contributed by atoms with Crippen LogP contribution in [0.3, 0.4) is 0 Å². The van der Waals surface area contributed by atoms with E-state index in [1.165, 1.54) is 28.9 Å². The number of carbonyl (C=O) groups excluding carboxylic acids is 2. The highest BCUT2D eigenvalue weighted by molar-refractivity contribution is 6.14. The quantitative estimate of drug-likeness (QED) is 0.384. The number of fused-ring (bicyclic) bond motifs is 1. The standard InChI is InChI=1S/C18H15FN8O2/c19-10-2-1-3-12(7-10)21-16-24-14-9(6-13-15(28)25-18(29)23-13)8-20-27(14)17(26-16)22-11-4-5-11/h1-3,6-8,11H,4-5H2,(H2,21,22,24,26)(H2,23,25,28,29)/b13-6-. The van der Waals surface area contributed by atoms with Gasteiger partial charge < -0.3 is 16.0 Å². The molecule has 3 aromatic rings. The largest absolute Gasteiger partial charge is 0.351 e. The molecule has 1 aliphatic carbocycles. The van der Waals surface area contributed by atoms with Gasteiger partial charge in [-0.3, -0.25) is 10.1 Å². The molecule has 0 bridgehead atoms. The molecule has 3 heterocycles. The number of hydrogen-bond donors (Lipinski definition) is 4. The normalized spacial score (nSPS) is 17.5. The van der Waals surface area contributed by atoms with Gasteiger partial charge >= 0.3 is 6.03 Å². The number of urea groups is 1. The number of carbonyl (C=O) groups is 2. The van der Waals surface area contributed by atoms with Crippen molar-refractivity contribution in [2.45, 2.75) is 18.9 Å². The van der Waals surface area contributed by atoms with Gasteiger partial charge in [0.15, 0.2) is 5.65 Å². The zero-order valence-corrected chi connectivity index (χ0v) is 14.9. The Balaban J connectivity index is 1.57. The van der Waals surface area contributed by atoms with Crippen LogP contribution in [0.5, 0.6) is 0 Å². The molecule has 2 aromatic heterocycles. The lowest BCUT2D eigenvalue weighted by Crippen LogP contribution is -2.22. The van der Waals surface area contributed by atoms with E-state index in [2.05, 4.69) is 36.3 Å². The minimum absolute atomic E-state index is 0.0971. The van der Waals surface area contributed by atoms with Crippen molar-refractivity contribution in [3.8, 4) is 0 Å². The molecule has 2 fully saturated rings. The molecule has 0 spiro atoms. The summed E-state index contributed by atoms with van der Waals surface area (Å²) in [6.07, 6.45) is 5.08. The van der Waals surface area contributed by atoms with Crippen molar-refractivity contribution in [3.05, 3.63) is 47.5 Å². The summed E-state index contributed by atoms with van der Waals surface area (Å²) in [4.78, 5) is 32.1. The highest BCUT2D eigenvalue weighted by Crippen LogP contribution is 2.26. The van der Waals surface area contributed by atoms with Crippen molar-refractivity contribution in [2.75, 3.05) is 10.6 Å². The number of nitrogens with zero attached hydrogens (tertiary/aromatic N) is 4. The van der Waals surface area contributed by atoms with E-state index in [0.29, 0.717) is 28.9 Å². The van der Waals surface area contributed by atoms with E-state index in [4.69, 9.17) is 0 Å². The summed E-state index contributed by atoms with van der Waals surface area (Å²) in [5.41, 5.74) is 1.53. The summed E-state index contributed by atoms with van der Waals surface area (Å²) < 4.78 is 15.0. The first kappa shape index (κ1) is 17.1. The average Bonchev–Trinajstić information content (AvgIpc) is 3.31. The Morgan fingerprint density at radius 2 is 2.07 bits per heavy atom. The fourth-order valence-corrected chi connectivity index (χ4v) is 2.89. The zero-order valence-electron chi connectivity index (χ0n) is 14.9. The number of amides is 3. The first-order valence-corrected chi connectivity index (χ1v) is 8.94. The van der Waals surface area contributed by atoms with Crippen LogP contribution in [0.25, 0.3) is 11.7 Å². The molecule has 11 heteroatoms. The highest BCUT2D eigenvalue weighted by Gasteiger charge is 2.26. The van der Waals surface area contributed by atoms with Crippen molar-refractivity contribution in [1.29, 1.82) is 0 Å². The van der Waals surface area contributed by atoms with E-state index >= 15 is 0 Å². The molecule has 0 radical (unpaired) electrons. The first-order chi connectivity index (χ1) is 14.0. The Labute approximate surface area is 163 Å². The molecule has 4 N–H and O–H groups in total. The van der Waals surface area contributed by atoms with Gasteiger partial charge in [0.05, 0.1) is 6.20 Å². The van der Waals surface area contributed by atoms with Crippen LogP contribution in [0.2, 0.25) is 0 Å². The first-order valence-electron chi connectivity index (χ1n) is 8.94. The maximum absolute atomic E-state index is 13.5. The minimum atomic E-state index is -0.586. The molecule has 1 saturated carbocycles. The van der Waals surface area contributed by atoms with Gasteiger partial charge in [-0.15, -0.1) is 0 Å². The van der Waals surface area contributed by atoms with Crippen LogP contribution >= 0.6 is 0 Å². The van der Waals surface area contributed by atoms with Crippen LogP contribution in [0.15, 0.2) is 36.2 Å². The maximum Gasteiger partial charge on any atom is 0.326 e. The molecule has 10 nitrogen and oxygen atoms in total. The smallest absolute Gasteiger partial charge is 0.326 e. The van der Waals surface area contributed by atoms with Crippen molar-refractivity contribution in [1.82, 2.24) is 30.2 Å². The topological polar surface area (TPSA) is 125 Å². The third-order valence-corrected chi connectivity index (χ3v) is 4.41. The summed E-state index contributed by atoms with van der Waals surface area (Å²) in [6.45, 7) is 0. The summed E-state index contributed by atoms with van der Waals surface area (Å²) in [6, 6.07) is 5.67. The van der Waals surface area contributed by atoms with Crippen LogP contribution in [0.1, 0.15) is 18.4 Å². The van der Waals surface area contributed by atoms with E-state index in [0.717, 1.165) is 12.8 Å². The molecular weight excluding hydrogens is 379 g/mol. The fourth-order valence-electron chi connectivity index (χ4n) is 2.89. The second kappa shape index (κ2) is 6.55. The van der Waals surface area contributed by atoms with Crippen LogP contribution in [0, 0.1) is 5.82 Å². The molecule has 29 heavy (non-hydrogen) atoms. The van der Waals surface area contributed by atoms with Crippen molar-refractivity contribution in [3.63, 3.8) is 0 Å². The maximum atomic E-state index is 13.5. The number of imide groups is 1. The Morgan fingerprint density at radius 3 is 2.79 bits per heavy atom. The molecule has 146 valence electrons. The van der Waals surface area contributed by atoms with E-state index in [9.17, 15) is 14.0 Å². The van der Waals surface area contributed by atoms with Gasteiger partial charge in [0.1, 0.15) is 11.5 Å². The van der Waals surface area contributed by atoms with Crippen molar-refractivity contribution in [2.24, 2.45) is 0 Å². The molecule has 1 aliphatic heterocycles. The van der Waals surface area contributed by atoms with Crippen molar-refractivity contribution >= 4 is 41.2 Å². The van der Waals surface area contributed by atoms with Gasteiger partial charge in [-0.25, -0.2) is 9.18 Å². The van der Waals surface area contributed by atoms with Gasteiger partial charge in [0, 0.05) is 17.3 Å². The lowest BCUT2D eigenvalue weighted by atomic mass is 10.2. The summed E-state index contributed by atoms with van der Waals surface area (Å²) in [5, 5.41) is 15.1. The summed E-state index contributed by atoms with van der Waals surface area (Å²) in [5.74, 6) is -0.199. The predicted octanol–water partition coefficient (Wildman–Crippen LogP) is 1.76. The SMILES string of the molecule is O=C1NC(=O)/C(=C/c2cnn3c(NC4CC4)nc(Nc4cccc(F)c4)nc23)N1. The molecule has 3 amide bonds. The van der Waals surface area contributed by atoms with Gasteiger partial charge in [0.25, 0.3) is 5.91 Å². The fraction of sp³-hybridized carbons (Fsp3) is 0.167. The lowest BCUT2D eigenvalue weighted by Gasteiger charge is -2.10. The van der Waals surface area contributed by atoms with Gasteiger partial charge in [-0.05, 0) is 37.1 Å². The second-order valence-corrected chi connectivity index (χ2v) is 6.73. The third-order valence-electron chi connectivity index (χ3n) is 4.41. The third kappa shape index (κ3) is 3.45. The minimum Gasteiger partial charge on any atom is -0.351 e. The molecular formula is C18H15FN8O2. The predicted molar refractivity (Wildman–Crippen MR) is 102 cm³/mol. The number of anilines is 3. The Bertz CT molecular complexity index is 1180. The Hall–Kier alpha value is -4.02. The van der Waals surface area contributed by atoms with Crippen LogP contribution < -0.4 is 21.3 Å². The van der Waals surface area contributed by atoms with E-state index < -0.39 is 11.9 Å². The van der Waals surface area contributed by atoms with Gasteiger partial charge in [0.2, 0.25) is 11.9 Å². The molecule has 2 aliphatic rings. The van der Waals surface area contributed by atoms with E-state index in [1.807, 2.05) is 0 Å². The second-order valence-electron chi connectivity index (χ2n) is 6.73. The number of halogens is 1. The van der Waals surface area contributed by atoms with Crippen LogP contribution in [-0.2, 0) is 4.79 Å². The van der Waals surface area contributed by atoms with E-state index in [-0.39, 0.29) is 17.5 Å². The zero-order chi connectivity index (χ0) is 20.0. The monoisotopic (exact) mass is 394 g/mol. The molecule has 0 atom stereocenters.